The summed E-state index contributed by atoms with van der Waals surface area (Å²) in [6, 6.07) is 0.780. The SMILES string of the molecule is CC1CCCN(C(N)=NCCCCN2CCCCC2C)C1. The summed E-state index contributed by atoms with van der Waals surface area (Å²) < 4.78 is 0. The molecule has 0 aliphatic carbocycles. The molecule has 2 unspecified atom stereocenters. The molecule has 2 saturated heterocycles. The second-order valence-electron chi connectivity index (χ2n) is 7.02. The van der Waals surface area contributed by atoms with Crippen LogP contribution in [0.2, 0.25) is 0 Å². The fraction of sp³-hybridized carbons (Fsp3) is 0.941. The third-order valence-corrected chi connectivity index (χ3v) is 5.05. The van der Waals surface area contributed by atoms with Gasteiger partial charge in [0.05, 0.1) is 0 Å². The molecule has 0 saturated carbocycles. The Labute approximate surface area is 130 Å². The standard InChI is InChI=1S/C17H34N4/c1-15-8-7-13-21(14-15)17(18)19-10-4-6-12-20-11-5-3-9-16(20)2/h15-16H,3-14H2,1-2H3,(H2,18,19). The molecule has 0 aromatic carbocycles. The molecule has 2 N–H and O–H groups in total. The molecule has 21 heavy (non-hydrogen) atoms. The highest BCUT2D eigenvalue weighted by Gasteiger charge is 2.18. The van der Waals surface area contributed by atoms with Gasteiger partial charge in [0.15, 0.2) is 5.96 Å². The van der Waals surface area contributed by atoms with Gasteiger partial charge in [0.2, 0.25) is 0 Å². The lowest BCUT2D eigenvalue weighted by molar-refractivity contribution is 0.158. The van der Waals surface area contributed by atoms with E-state index in [0.717, 1.165) is 44.0 Å². The molecule has 0 bridgehead atoms. The summed E-state index contributed by atoms with van der Waals surface area (Å²) >= 11 is 0. The van der Waals surface area contributed by atoms with E-state index in [-0.39, 0.29) is 0 Å². The number of aliphatic imine (C=N–C) groups is 1. The maximum absolute atomic E-state index is 6.12. The van der Waals surface area contributed by atoms with E-state index in [1.54, 1.807) is 0 Å². The summed E-state index contributed by atoms with van der Waals surface area (Å²) in [6.45, 7) is 10.3. The zero-order chi connectivity index (χ0) is 15.1. The first-order chi connectivity index (χ1) is 10.2. The molecular formula is C17H34N4. The van der Waals surface area contributed by atoms with Crippen molar-refractivity contribution in [1.29, 1.82) is 0 Å². The van der Waals surface area contributed by atoms with Crippen molar-refractivity contribution in [2.75, 3.05) is 32.7 Å². The van der Waals surface area contributed by atoms with E-state index in [1.165, 1.54) is 51.6 Å². The van der Waals surface area contributed by atoms with E-state index in [9.17, 15) is 0 Å². The van der Waals surface area contributed by atoms with E-state index in [4.69, 9.17) is 5.73 Å². The summed E-state index contributed by atoms with van der Waals surface area (Å²) in [4.78, 5) is 9.49. The van der Waals surface area contributed by atoms with Gasteiger partial charge in [-0.3, -0.25) is 4.99 Å². The molecule has 2 rings (SSSR count). The minimum atomic E-state index is 0.757. The van der Waals surface area contributed by atoms with E-state index >= 15 is 0 Å². The van der Waals surface area contributed by atoms with Crippen molar-refractivity contribution < 1.29 is 0 Å². The predicted octanol–water partition coefficient (Wildman–Crippen LogP) is 2.69. The van der Waals surface area contributed by atoms with Crippen LogP contribution in [0.1, 0.15) is 58.8 Å². The lowest BCUT2D eigenvalue weighted by atomic mass is 10.0. The van der Waals surface area contributed by atoms with Crippen LogP contribution in [0.4, 0.5) is 0 Å². The van der Waals surface area contributed by atoms with Crippen LogP contribution in [0.15, 0.2) is 4.99 Å². The number of nitrogens with two attached hydrogens (primary N) is 1. The monoisotopic (exact) mass is 294 g/mol. The molecule has 2 atom stereocenters. The van der Waals surface area contributed by atoms with Crippen molar-refractivity contribution in [3.05, 3.63) is 0 Å². The molecule has 2 aliphatic rings. The highest BCUT2D eigenvalue weighted by Crippen LogP contribution is 2.17. The molecule has 0 amide bonds. The quantitative estimate of drug-likeness (QED) is 0.482. The molecule has 0 spiro atoms. The fourth-order valence-electron chi connectivity index (χ4n) is 3.61. The van der Waals surface area contributed by atoms with Crippen LogP contribution in [0, 0.1) is 5.92 Å². The molecule has 0 radical (unpaired) electrons. The van der Waals surface area contributed by atoms with Gasteiger partial charge >= 0.3 is 0 Å². The predicted molar refractivity (Wildman–Crippen MR) is 90.6 cm³/mol. The van der Waals surface area contributed by atoms with Crippen LogP contribution in [-0.4, -0.2) is 54.5 Å². The summed E-state index contributed by atoms with van der Waals surface area (Å²) in [6.07, 6.45) is 9.15. The lowest BCUT2D eigenvalue weighted by Crippen LogP contribution is -2.43. The maximum atomic E-state index is 6.12. The van der Waals surface area contributed by atoms with Gasteiger partial charge in [0, 0.05) is 25.7 Å². The molecule has 0 aromatic rings. The number of nitrogens with zero attached hydrogens (tertiary/aromatic N) is 3. The third-order valence-electron chi connectivity index (χ3n) is 5.05. The van der Waals surface area contributed by atoms with Gasteiger partial charge in [-0.2, -0.15) is 0 Å². The van der Waals surface area contributed by atoms with Crippen LogP contribution >= 0.6 is 0 Å². The number of guanidine groups is 1. The second-order valence-corrected chi connectivity index (χ2v) is 7.02. The second kappa shape index (κ2) is 8.62. The molecule has 2 fully saturated rings. The number of hydrogen-bond acceptors (Lipinski definition) is 2. The van der Waals surface area contributed by atoms with Crippen molar-refractivity contribution >= 4 is 5.96 Å². The average Bonchev–Trinajstić information content (AvgIpc) is 2.48. The topological polar surface area (TPSA) is 44.9 Å². The molecule has 0 aromatic heterocycles. The van der Waals surface area contributed by atoms with Gasteiger partial charge in [0.1, 0.15) is 0 Å². The molecule has 122 valence electrons. The third kappa shape index (κ3) is 5.50. The number of rotatable bonds is 5. The van der Waals surface area contributed by atoms with E-state index in [2.05, 4.69) is 28.6 Å². The molecule has 4 heteroatoms. The smallest absolute Gasteiger partial charge is 0.191 e. The number of piperidine rings is 2. The van der Waals surface area contributed by atoms with Crippen molar-refractivity contribution in [1.82, 2.24) is 9.80 Å². The first-order valence-electron chi connectivity index (χ1n) is 8.95. The fourth-order valence-corrected chi connectivity index (χ4v) is 3.61. The van der Waals surface area contributed by atoms with Crippen LogP contribution in [0.5, 0.6) is 0 Å². The summed E-state index contributed by atoms with van der Waals surface area (Å²) in [5, 5.41) is 0. The average molecular weight is 294 g/mol. The Morgan fingerprint density at radius 1 is 1.10 bits per heavy atom. The minimum absolute atomic E-state index is 0.757. The Balaban J connectivity index is 1.60. The van der Waals surface area contributed by atoms with Crippen molar-refractivity contribution in [3.63, 3.8) is 0 Å². The van der Waals surface area contributed by atoms with Gasteiger partial charge in [-0.1, -0.05) is 13.3 Å². The first-order valence-corrected chi connectivity index (χ1v) is 8.95. The highest BCUT2D eigenvalue weighted by atomic mass is 15.3. The lowest BCUT2D eigenvalue weighted by Gasteiger charge is -2.33. The normalized spacial score (nSPS) is 28.9. The Morgan fingerprint density at radius 3 is 2.71 bits per heavy atom. The van der Waals surface area contributed by atoms with Crippen molar-refractivity contribution in [2.45, 2.75) is 64.8 Å². The molecule has 2 aliphatic heterocycles. The Hall–Kier alpha value is -0.770. The summed E-state index contributed by atoms with van der Waals surface area (Å²) in [5.41, 5.74) is 6.12. The largest absolute Gasteiger partial charge is 0.370 e. The number of unbranched alkanes of at least 4 members (excludes halogenated alkanes) is 1. The van der Waals surface area contributed by atoms with E-state index < -0.39 is 0 Å². The van der Waals surface area contributed by atoms with E-state index in [1.807, 2.05) is 0 Å². The number of hydrogen-bond donors (Lipinski definition) is 1. The molecular weight excluding hydrogens is 260 g/mol. The van der Waals surface area contributed by atoms with Gasteiger partial charge in [0.25, 0.3) is 0 Å². The maximum Gasteiger partial charge on any atom is 0.191 e. The van der Waals surface area contributed by atoms with Gasteiger partial charge in [-0.05, 0) is 64.5 Å². The molecule has 4 nitrogen and oxygen atoms in total. The van der Waals surface area contributed by atoms with Gasteiger partial charge in [-0.25, -0.2) is 0 Å². The van der Waals surface area contributed by atoms with Crippen LogP contribution in [-0.2, 0) is 0 Å². The summed E-state index contributed by atoms with van der Waals surface area (Å²) in [5.74, 6) is 1.53. The minimum Gasteiger partial charge on any atom is -0.370 e. The van der Waals surface area contributed by atoms with E-state index in [0.29, 0.717) is 0 Å². The Kier molecular flexibility index (Phi) is 6.81. The Morgan fingerprint density at radius 2 is 1.95 bits per heavy atom. The first kappa shape index (κ1) is 16.6. The van der Waals surface area contributed by atoms with Gasteiger partial charge < -0.3 is 15.5 Å². The Bertz CT molecular complexity index is 329. The summed E-state index contributed by atoms with van der Waals surface area (Å²) in [7, 11) is 0. The van der Waals surface area contributed by atoms with Crippen LogP contribution in [0.25, 0.3) is 0 Å². The highest BCUT2D eigenvalue weighted by molar-refractivity contribution is 5.78. The molecule has 2 heterocycles. The zero-order valence-electron chi connectivity index (χ0n) is 14.1. The van der Waals surface area contributed by atoms with Crippen LogP contribution < -0.4 is 5.73 Å². The van der Waals surface area contributed by atoms with Gasteiger partial charge in [-0.15, -0.1) is 0 Å². The zero-order valence-corrected chi connectivity index (χ0v) is 14.1. The van der Waals surface area contributed by atoms with Crippen molar-refractivity contribution in [2.24, 2.45) is 16.6 Å². The number of likely N-dealkylation sites (tertiary alicyclic amines) is 2. The van der Waals surface area contributed by atoms with Crippen molar-refractivity contribution in [3.8, 4) is 0 Å². The van der Waals surface area contributed by atoms with Crippen LogP contribution in [0.3, 0.4) is 0 Å².